The van der Waals surface area contributed by atoms with Gasteiger partial charge in [-0.2, -0.15) is 18.2 Å². The maximum atomic E-state index is 12.7. The summed E-state index contributed by atoms with van der Waals surface area (Å²) >= 11 is 0. The molecule has 0 aliphatic heterocycles. The van der Waals surface area contributed by atoms with Gasteiger partial charge in [-0.15, -0.1) is 0 Å². The number of pyridine rings is 1. The van der Waals surface area contributed by atoms with E-state index in [1.807, 2.05) is 0 Å². The van der Waals surface area contributed by atoms with Crippen LogP contribution in [0.1, 0.15) is 5.56 Å². The van der Waals surface area contributed by atoms with Crippen LogP contribution in [0.3, 0.4) is 0 Å². The zero-order chi connectivity index (χ0) is 15.7. The normalized spacial score (nSPS) is 11.6. The number of nitrogens with two attached hydrogens (primary N) is 1. The smallest absolute Gasteiger partial charge is 0.383 e. The van der Waals surface area contributed by atoms with E-state index < -0.39 is 11.7 Å². The predicted octanol–water partition coefficient (Wildman–Crippen LogP) is 3.40. The summed E-state index contributed by atoms with van der Waals surface area (Å²) in [5, 5.41) is 3.69. The topological polar surface area (TPSA) is 77.8 Å². The number of aromatic nitrogens is 3. The monoisotopic (exact) mass is 306 g/mol. The molecule has 2 N–H and O–H groups in total. The molecule has 8 heteroatoms. The Labute approximate surface area is 122 Å². The number of alkyl halides is 3. The second-order valence-electron chi connectivity index (χ2n) is 4.44. The van der Waals surface area contributed by atoms with Crippen LogP contribution in [0.5, 0.6) is 0 Å². The molecular weight excluding hydrogens is 297 g/mol. The van der Waals surface area contributed by atoms with Crippen molar-refractivity contribution in [3.63, 3.8) is 0 Å². The van der Waals surface area contributed by atoms with Gasteiger partial charge in [-0.05, 0) is 24.3 Å². The Bertz CT molecular complexity index is 814. The van der Waals surface area contributed by atoms with E-state index in [4.69, 9.17) is 10.3 Å². The van der Waals surface area contributed by atoms with Crippen LogP contribution in [-0.2, 0) is 6.18 Å². The zero-order valence-corrected chi connectivity index (χ0v) is 11.0. The van der Waals surface area contributed by atoms with E-state index in [2.05, 4.69) is 15.1 Å². The molecule has 0 fully saturated rings. The Balaban J connectivity index is 2.00. The molecule has 22 heavy (non-hydrogen) atoms. The third-order valence-electron chi connectivity index (χ3n) is 2.94. The number of rotatable bonds is 2. The van der Waals surface area contributed by atoms with Crippen LogP contribution in [0.2, 0.25) is 0 Å². The zero-order valence-electron chi connectivity index (χ0n) is 11.0. The highest BCUT2D eigenvalue weighted by Gasteiger charge is 2.30. The summed E-state index contributed by atoms with van der Waals surface area (Å²) in [5.41, 5.74) is 5.54. The van der Waals surface area contributed by atoms with Gasteiger partial charge in [0.1, 0.15) is 5.82 Å². The minimum absolute atomic E-state index is 0.0457. The number of anilines is 1. The van der Waals surface area contributed by atoms with E-state index in [9.17, 15) is 13.2 Å². The van der Waals surface area contributed by atoms with Crippen molar-refractivity contribution in [1.82, 2.24) is 15.1 Å². The van der Waals surface area contributed by atoms with E-state index >= 15 is 0 Å². The standard InChI is InChI=1S/C14H9F3N4O/c15-14(16,17)9-4-1-3-8(7-9)12-20-13(22-21-12)10-5-2-6-19-11(10)18/h1-7H,(H2,18,19). The molecule has 0 spiro atoms. The molecule has 0 saturated heterocycles. The molecule has 2 heterocycles. The molecular formula is C14H9F3N4O. The summed E-state index contributed by atoms with van der Waals surface area (Å²) in [6.07, 6.45) is -2.93. The van der Waals surface area contributed by atoms with Crippen molar-refractivity contribution < 1.29 is 17.7 Å². The third-order valence-corrected chi connectivity index (χ3v) is 2.94. The number of benzene rings is 1. The van der Waals surface area contributed by atoms with Crippen LogP contribution < -0.4 is 5.73 Å². The Morgan fingerprint density at radius 3 is 2.64 bits per heavy atom. The first-order chi connectivity index (χ1) is 10.4. The number of halogens is 3. The highest BCUT2D eigenvalue weighted by molar-refractivity contribution is 5.68. The van der Waals surface area contributed by atoms with Gasteiger partial charge in [-0.3, -0.25) is 0 Å². The molecule has 0 radical (unpaired) electrons. The lowest BCUT2D eigenvalue weighted by Gasteiger charge is -2.06. The van der Waals surface area contributed by atoms with Crippen LogP contribution in [-0.4, -0.2) is 15.1 Å². The molecule has 3 rings (SSSR count). The lowest BCUT2D eigenvalue weighted by molar-refractivity contribution is -0.137. The molecule has 5 nitrogen and oxygen atoms in total. The highest BCUT2D eigenvalue weighted by Crippen LogP contribution is 2.32. The minimum atomic E-state index is -4.43. The SMILES string of the molecule is Nc1ncccc1-c1nc(-c2cccc(C(F)(F)F)c2)no1. The molecule has 0 aliphatic carbocycles. The van der Waals surface area contributed by atoms with Crippen LogP contribution in [0.25, 0.3) is 22.8 Å². The average molecular weight is 306 g/mol. The van der Waals surface area contributed by atoms with Gasteiger partial charge in [0.15, 0.2) is 0 Å². The van der Waals surface area contributed by atoms with Gasteiger partial charge in [0.05, 0.1) is 11.1 Å². The Hall–Kier alpha value is -2.90. The average Bonchev–Trinajstić information content (AvgIpc) is 2.97. The number of nitrogen functional groups attached to an aromatic ring is 1. The number of hydrogen-bond donors (Lipinski definition) is 1. The van der Waals surface area contributed by atoms with Crippen LogP contribution >= 0.6 is 0 Å². The predicted molar refractivity (Wildman–Crippen MR) is 72.4 cm³/mol. The van der Waals surface area contributed by atoms with Crippen molar-refractivity contribution >= 4 is 5.82 Å². The lowest BCUT2D eigenvalue weighted by atomic mass is 10.1. The van der Waals surface area contributed by atoms with E-state index in [-0.39, 0.29) is 23.1 Å². The van der Waals surface area contributed by atoms with Crippen molar-refractivity contribution in [2.45, 2.75) is 6.18 Å². The minimum Gasteiger partial charge on any atom is -0.383 e. The molecule has 0 bridgehead atoms. The van der Waals surface area contributed by atoms with Gasteiger partial charge in [-0.25, -0.2) is 4.98 Å². The van der Waals surface area contributed by atoms with Gasteiger partial charge in [0.25, 0.3) is 5.89 Å². The molecule has 0 saturated carbocycles. The third kappa shape index (κ3) is 2.62. The van der Waals surface area contributed by atoms with E-state index in [1.165, 1.54) is 18.3 Å². The fourth-order valence-corrected chi connectivity index (χ4v) is 1.88. The first-order valence-corrected chi connectivity index (χ1v) is 6.17. The fourth-order valence-electron chi connectivity index (χ4n) is 1.88. The van der Waals surface area contributed by atoms with Gasteiger partial charge in [0, 0.05) is 11.8 Å². The Morgan fingerprint density at radius 2 is 1.91 bits per heavy atom. The van der Waals surface area contributed by atoms with Crippen molar-refractivity contribution in [2.75, 3.05) is 5.73 Å². The number of hydrogen-bond acceptors (Lipinski definition) is 5. The van der Waals surface area contributed by atoms with Gasteiger partial charge >= 0.3 is 6.18 Å². The number of nitrogens with zero attached hydrogens (tertiary/aromatic N) is 3. The molecule has 0 amide bonds. The van der Waals surface area contributed by atoms with Gasteiger partial charge in [-0.1, -0.05) is 17.3 Å². The van der Waals surface area contributed by atoms with Crippen LogP contribution in [0.15, 0.2) is 47.1 Å². The maximum Gasteiger partial charge on any atom is 0.416 e. The first-order valence-electron chi connectivity index (χ1n) is 6.17. The Kier molecular flexibility index (Phi) is 3.28. The quantitative estimate of drug-likeness (QED) is 0.785. The summed E-state index contributed by atoms with van der Waals surface area (Å²) in [5.74, 6) is 0.337. The van der Waals surface area contributed by atoms with Gasteiger partial charge in [0.2, 0.25) is 5.82 Å². The van der Waals surface area contributed by atoms with Crippen LogP contribution in [0, 0.1) is 0 Å². The highest BCUT2D eigenvalue weighted by atomic mass is 19.4. The first kappa shape index (κ1) is 14.1. The molecule has 0 aliphatic rings. The van der Waals surface area contributed by atoms with Crippen molar-refractivity contribution in [3.05, 3.63) is 48.2 Å². The second-order valence-corrected chi connectivity index (χ2v) is 4.44. The molecule has 112 valence electrons. The summed E-state index contributed by atoms with van der Waals surface area (Å²) in [6, 6.07) is 7.96. The largest absolute Gasteiger partial charge is 0.416 e. The maximum absolute atomic E-state index is 12.7. The summed E-state index contributed by atoms with van der Waals surface area (Å²) < 4.78 is 43.2. The van der Waals surface area contributed by atoms with E-state index in [0.29, 0.717) is 5.56 Å². The van der Waals surface area contributed by atoms with Crippen LogP contribution in [0.4, 0.5) is 19.0 Å². The summed E-state index contributed by atoms with van der Waals surface area (Å²) in [4.78, 5) is 7.95. The summed E-state index contributed by atoms with van der Waals surface area (Å²) in [7, 11) is 0. The lowest BCUT2D eigenvalue weighted by Crippen LogP contribution is -2.04. The fraction of sp³-hybridized carbons (Fsp3) is 0.0714. The molecule has 0 atom stereocenters. The molecule has 1 aromatic carbocycles. The van der Waals surface area contributed by atoms with E-state index in [1.54, 1.807) is 12.1 Å². The van der Waals surface area contributed by atoms with Crippen molar-refractivity contribution in [1.29, 1.82) is 0 Å². The molecule has 0 unspecified atom stereocenters. The Morgan fingerprint density at radius 1 is 1.09 bits per heavy atom. The summed E-state index contributed by atoms with van der Waals surface area (Å²) in [6.45, 7) is 0. The molecule has 3 aromatic rings. The van der Waals surface area contributed by atoms with Crippen molar-refractivity contribution in [2.24, 2.45) is 0 Å². The molecule has 2 aromatic heterocycles. The van der Waals surface area contributed by atoms with E-state index in [0.717, 1.165) is 12.1 Å². The van der Waals surface area contributed by atoms with Gasteiger partial charge < -0.3 is 10.3 Å². The second kappa shape index (κ2) is 5.14. The van der Waals surface area contributed by atoms with Crippen molar-refractivity contribution in [3.8, 4) is 22.8 Å².